The molecule has 0 spiro atoms. The fourth-order valence-corrected chi connectivity index (χ4v) is 6.20. The highest BCUT2D eigenvalue weighted by Gasteiger charge is 2.30. The van der Waals surface area contributed by atoms with E-state index in [2.05, 4.69) is 42.1 Å². The molecular weight excluding hydrogens is 394 g/mol. The third-order valence-electron chi connectivity index (χ3n) is 5.24. The Morgan fingerprint density at radius 3 is 2.50 bits per heavy atom. The fraction of sp³-hybridized carbons (Fsp3) is 0.350. The quantitative estimate of drug-likeness (QED) is 0.645. The number of benzene rings is 1. The molecule has 3 heterocycles. The van der Waals surface area contributed by atoms with E-state index < -0.39 is 10.0 Å². The molecule has 0 unspecified atom stereocenters. The molecule has 0 radical (unpaired) electrons. The van der Waals surface area contributed by atoms with E-state index in [0.717, 1.165) is 11.3 Å². The average molecular weight is 418 g/mol. The first-order valence-corrected chi connectivity index (χ1v) is 11.5. The van der Waals surface area contributed by atoms with E-state index >= 15 is 0 Å². The topological polar surface area (TPSA) is 66.7 Å². The van der Waals surface area contributed by atoms with Crippen LogP contribution in [0.5, 0.6) is 0 Å². The Labute approximate surface area is 169 Å². The zero-order valence-electron chi connectivity index (χ0n) is 16.2. The Kier molecular flexibility index (Phi) is 5.03. The number of aromatic nitrogens is 1. The molecule has 0 aliphatic carbocycles. The lowest BCUT2D eigenvalue weighted by Gasteiger charge is -2.36. The van der Waals surface area contributed by atoms with Gasteiger partial charge in [-0.3, -0.25) is 0 Å². The number of rotatable bonds is 4. The Bertz CT molecular complexity index is 1090. The first-order chi connectivity index (χ1) is 13.4. The van der Waals surface area contributed by atoms with Crippen LogP contribution in [0.4, 0.5) is 5.69 Å². The molecule has 3 aromatic rings. The van der Waals surface area contributed by atoms with E-state index in [4.69, 9.17) is 4.52 Å². The predicted molar refractivity (Wildman–Crippen MR) is 111 cm³/mol. The molecular formula is C20H23N3O3S2. The summed E-state index contributed by atoms with van der Waals surface area (Å²) in [6.45, 7) is 8.38. The zero-order valence-corrected chi connectivity index (χ0v) is 17.8. The molecule has 1 fully saturated rings. The highest BCUT2D eigenvalue weighted by Crippen LogP contribution is 2.32. The number of piperazine rings is 1. The minimum absolute atomic E-state index is 0.344. The largest absolute Gasteiger partial charge is 0.369 e. The lowest BCUT2D eigenvalue weighted by atomic mass is 10.1. The summed E-state index contributed by atoms with van der Waals surface area (Å²) >= 11 is 1.22. The normalized spacial score (nSPS) is 15.9. The Hall–Kier alpha value is -2.16. The van der Waals surface area contributed by atoms with Gasteiger partial charge in [-0.15, -0.1) is 11.3 Å². The van der Waals surface area contributed by atoms with Crippen LogP contribution in [-0.4, -0.2) is 44.1 Å². The van der Waals surface area contributed by atoms with Gasteiger partial charge in [0.2, 0.25) is 0 Å². The van der Waals surface area contributed by atoms with Crippen molar-refractivity contribution in [3.63, 3.8) is 0 Å². The molecule has 0 saturated carbocycles. The second-order valence-electron chi connectivity index (χ2n) is 7.10. The summed E-state index contributed by atoms with van der Waals surface area (Å²) in [5, 5.41) is 5.67. The Morgan fingerprint density at radius 1 is 1.07 bits per heavy atom. The molecule has 0 bridgehead atoms. The van der Waals surface area contributed by atoms with Gasteiger partial charge in [-0.1, -0.05) is 17.3 Å². The van der Waals surface area contributed by atoms with Crippen molar-refractivity contribution < 1.29 is 12.9 Å². The van der Waals surface area contributed by atoms with Gasteiger partial charge in [0.25, 0.3) is 10.0 Å². The molecule has 1 aliphatic rings. The van der Waals surface area contributed by atoms with Crippen molar-refractivity contribution >= 4 is 27.0 Å². The van der Waals surface area contributed by atoms with Crippen molar-refractivity contribution in [2.24, 2.45) is 0 Å². The van der Waals surface area contributed by atoms with Gasteiger partial charge in [-0.25, -0.2) is 8.42 Å². The molecule has 28 heavy (non-hydrogen) atoms. The van der Waals surface area contributed by atoms with Crippen LogP contribution in [0, 0.1) is 20.8 Å². The third-order valence-corrected chi connectivity index (χ3v) is 8.55. The monoisotopic (exact) mass is 417 g/mol. The van der Waals surface area contributed by atoms with Crippen LogP contribution in [0.15, 0.2) is 44.4 Å². The standard InChI is InChI=1S/C20H23N3O3S2/c1-14-5-4-6-18(16(14)3)22-7-9-23(10-8-22)28(24,25)20-12-17(13-27-20)19-11-15(2)21-26-19/h4-6,11-13H,7-10H2,1-3H3. The number of anilines is 1. The van der Waals surface area contributed by atoms with Gasteiger partial charge in [0.05, 0.1) is 5.69 Å². The van der Waals surface area contributed by atoms with E-state index in [9.17, 15) is 8.42 Å². The average Bonchev–Trinajstić information content (AvgIpc) is 3.33. The van der Waals surface area contributed by atoms with Crippen LogP contribution in [0.1, 0.15) is 16.8 Å². The number of hydrogen-bond donors (Lipinski definition) is 0. The summed E-state index contributed by atoms with van der Waals surface area (Å²) in [5.41, 5.74) is 5.22. The van der Waals surface area contributed by atoms with Crippen molar-refractivity contribution in [3.05, 3.63) is 52.5 Å². The van der Waals surface area contributed by atoms with Crippen molar-refractivity contribution in [3.8, 4) is 11.3 Å². The van der Waals surface area contributed by atoms with Crippen molar-refractivity contribution in [2.45, 2.75) is 25.0 Å². The molecule has 1 aromatic carbocycles. The molecule has 0 amide bonds. The molecule has 1 saturated heterocycles. The summed E-state index contributed by atoms with van der Waals surface area (Å²) in [6, 6.07) is 9.75. The number of hydrogen-bond acceptors (Lipinski definition) is 6. The molecule has 1 aliphatic heterocycles. The van der Waals surface area contributed by atoms with Crippen molar-refractivity contribution in [1.82, 2.24) is 9.46 Å². The number of sulfonamides is 1. The van der Waals surface area contributed by atoms with Gasteiger partial charge in [0.15, 0.2) is 5.76 Å². The second-order valence-corrected chi connectivity index (χ2v) is 10.2. The molecule has 4 rings (SSSR count). The van der Waals surface area contributed by atoms with E-state index in [1.807, 2.05) is 6.92 Å². The van der Waals surface area contributed by atoms with Crippen LogP contribution in [-0.2, 0) is 10.0 Å². The van der Waals surface area contributed by atoms with E-state index in [1.54, 1.807) is 21.8 Å². The van der Waals surface area contributed by atoms with Crippen LogP contribution in [0.25, 0.3) is 11.3 Å². The highest BCUT2D eigenvalue weighted by atomic mass is 32.2. The minimum Gasteiger partial charge on any atom is -0.369 e. The van der Waals surface area contributed by atoms with Gasteiger partial charge in [-0.05, 0) is 44.0 Å². The highest BCUT2D eigenvalue weighted by molar-refractivity contribution is 7.91. The molecule has 0 atom stereocenters. The lowest BCUT2D eigenvalue weighted by molar-refractivity contribution is 0.385. The van der Waals surface area contributed by atoms with Crippen LogP contribution in [0.2, 0.25) is 0 Å². The van der Waals surface area contributed by atoms with Gasteiger partial charge in [0.1, 0.15) is 4.21 Å². The first kappa shape index (κ1) is 19.2. The Morgan fingerprint density at radius 2 is 1.82 bits per heavy atom. The number of thiophene rings is 1. The third kappa shape index (κ3) is 3.47. The number of aryl methyl sites for hydroxylation is 2. The van der Waals surface area contributed by atoms with E-state index in [1.165, 1.54) is 28.2 Å². The fourth-order valence-electron chi connectivity index (χ4n) is 3.46. The van der Waals surface area contributed by atoms with E-state index in [0.29, 0.717) is 36.1 Å². The van der Waals surface area contributed by atoms with Gasteiger partial charge < -0.3 is 9.42 Å². The van der Waals surface area contributed by atoms with Crippen LogP contribution in [0.3, 0.4) is 0 Å². The predicted octanol–water partition coefficient (Wildman–Crippen LogP) is 3.84. The van der Waals surface area contributed by atoms with Gasteiger partial charge in [0, 0.05) is 48.9 Å². The summed E-state index contributed by atoms with van der Waals surface area (Å²) < 4.78 is 33.3. The maximum Gasteiger partial charge on any atom is 0.252 e. The smallest absolute Gasteiger partial charge is 0.252 e. The summed E-state index contributed by atoms with van der Waals surface area (Å²) in [4.78, 5) is 2.27. The zero-order chi connectivity index (χ0) is 19.9. The SMILES string of the molecule is Cc1cc(-c2csc(S(=O)(=O)N3CCN(c4cccc(C)c4C)CC3)c2)on1. The molecule has 6 nitrogen and oxygen atoms in total. The van der Waals surface area contributed by atoms with Gasteiger partial charge >= 0.3 is 0 Å². The summed E-state index contributed by atoms with van der Waals surface area (Å²) in [6.07, 6.45) is 0. The minimum atomic E-state index is -3.50. The van der Waals surface area contributed by atoms with Crippen molar-refractivity contribution in [2.75, 3.05) is 31.1 Å². The molecule has 0 N–H and O–H groups in total. The van der Waals surface area contributed by atoms with Crippen LogP contribution < -0.4 is 4.90 Å². The van der Waals surface area contributed by atoms with Crippen LogP contribution >= 0.6 is 11.3 Å². The second kappa shape index (κ2) is 7.35. The lowest BCUT2D eigenvalue weighted by Crippen LogP contribution is -2.48. The first-order valence-electron chi connectivity index (χ1n) is 9.20. The summed E-state index contributed by atoms with van der Waals surface area (Å²) in [5.74, 6) is 0.593. The molecule has 148 valence electrons. The van der Waals surface area contributed by atoms with Gasteiger partial charge in [-0.2, -0.15) is 4.31 Å². The van der Waals surface area contributed by atoms with E-state index in [-0.39, 0.29) is 0 Å². The van der Waals surface area contributed by atoms with Crippen molar-refractivity contribution in [1.29, 1.82) is 0 Å². The summed E-state index contributed by atoms with van der Waals surface area (Å²) in [7, 11) is -3.50. The molecule has 2 aromatic heterocycles. The Balaban J connectivity index is 1.49. The number of nitrogens with zero attached hydrogens (tertiary/aromatic N) is 3. The maximum absolute atomic E-state index is 13.1. The maximum atomic E-state index is 13.1. The molecule has 8 heteroatoms.